The van der Waals surface area contributed by atoms with Gasteiger partial charge >= 0.3 is 6.09 Å². The van der Waals surface area contributed by atoms with Crippen molar-refractivity contribution in [1.29, 1.82) is 0 Å². The number of amides is 1. The lowest BCUT2D eigenvalue weighted by Gasteiger charge is -2.39. The molecule has 1 fully saturated rings. The molecule has 1 atom stereocenters. The van der Waals surface area contributed by atoms with E-state index in [9.17, 15) is 4.79 Å². The Morgan fingerprint density at radius 2 is 1.64 bits per heavy atom. The standard InChI is InChI=1S/C18H20N2O2/c1-19-12-13-20(14-17(19)15-8-4-2-5-9-15)18(21)22-16-10-6-3-7-11-16/h2-11,17H,12-14H2,1H3. The van der Waals surface area contributed by atoms with Gasteiger partial charge in [0.2, 0.25) is 0 Å². The molecule has 1 unspecified atom stereocenters. The van der Waals surface area contributed by atoms with Gasteiger partial charge in [-0.25, -0.2) is 4.79 Å². The second-order valence-electron chi connectivity index (χ2n) is 5.53. The van der Waals surface area contributed by atoms with Crippen molar-refractivity contribution < 1.29 is 9.53 Å². The van der Waals surface area contributed by atoms with Crippen LogP contribution >= 0.6 is 0 Å². The highest BCUT2D eigenvalue weighted by Gasteiger charge is 2.29. The Bertz CT molecular complexity index is 615. The van der Waals surface area contributed by atoms with Crippen LogP contribution in [0, 0.1) is 0 Å². The summed E-state index contributed by atoms with van der Waals surface area (Å²) in [6, 6.07) is 19.7. The Morgan fingerprint density at radius 3 is 2.32 bits per heavy atom. The highest BCUT2D eigenvalue weighted by Crippen LogP contribution is 2.24. The van der Waals surface area contributed by atoms with Crippen LogP contribution in [0.1, 0.15) is 11.6 Å². The third kappa shape index (κ3) is 3.28. The average molecular weight is 296 g/mol. The zero-order chi connectivity index (χ0) is 15.4. The lowest BCUT2D eigenvalue weighted by molar-refractivity contribution is 0.0874. The van der Waals surface area contributed by atoms with E-state index in [1.54, 1.807) is 17.0 Å². The van der Waals surface area contributed by atoms with Crippen LogP contribution < -0.4 is 4.74 Å². The number of nitrogens with zero attached hydrogens (tertiary/aromatic N) is 2. The molecule has 22 heavy (non-hydrogen) atoms. The number of rotatable bonds is 2. The predicted molar refractivity (Wildman–Crippen MR) is 85.9 cm³/mol. The van der Waals surface area contributed by atoms with E-state index in [1.807, 2.05) is 36.4 Å². The summed E-state index contributed by atoms with van der Waals surface area (Å²) in [5, 5.41) is 0. The van der Waals surface area contributed by atoms with E-state index in [0.29, 0.717) is 18.8 Å². The van der Waals surface area contributed by atoms with E-state index in [2.05, 4.69) is 24.1 Å². The number of piperazine rings is 1. The molecule has 0 saturated carbocycles. The molecule has 3 rings (SSSR count). The van der Waals surface area contributed by atoms with E-state index in [1.165, 1.54) is 5.56 Å². The molecule has 2 aromatic carbocycles. The third-order valence-electron chi connectivity index (χ3n) is 4.04. The second kappa shape index (κ2) is 6.62. The molecule has 1 amide bonds. The van der Waals surface area contributed by atoms with E-state index >= 15 is 0 Å². The van der Waals surface area contributed by atoms with Crippen LogP contribution in [0.5, 0.6) is 5.75 Å². The molecule has 0 aromatic heterocycles. The maximum absolute atomic E-state index is 12.3. The van der Waals surface area contributed by atoms with Crippen molar-refractivity contribution in [3.8, 4) is 5.75 Å². The minimum absolute atomic E-state index is 0.207. The topological polar surface area (TPSA) is 32.8 Å². The van der Waals surface area contributed by atoms with Crippen molar-refractivity contribution in [3.63, 3.8) is 0 Å². The molecule has 0 aliphatic carbocycles. The summed E-state index contributed by atoms with van der Waals surface area (Å²) in [6.45, 7) is 2.17. The van der Waals surface area contributed by atoms with Crippen molar-refractivity contribution in [2.45, 2.75) is 6.04 Å². The molecule has 1 aliphatic heterocycles. The van der Waals surface area contributed by atoms with E-state index in [0.717, 1.165) is 6.54 Å². The van der Waals surface area contributed by atoms with Gasteiger partial charge in [0.05, 0.1) is 6.04 Å². The number of ether oxygens (including phenoxy) is 1. The Morgan fingerprint density at radius 1 is 1.00 bits per heavy atom. The fourth-order valence-corrected chi connectivity index (χ4v) is 2.73. The van der Waals surface area contributed by atoms with Gasteiger partial charge in [0.25, 0.3) is 0 Å². The summed E-state index contributed by atoms with van der Waals surface area (Å²) in [5.74, 6) is 0.586. The average Bonchev–Trinajstić information content (AvgIpc) is 2.57. The first-order valence-corrected chi connectivity index (χ1v) is 7.51. The SMILES string of the molecule is CN1CCN(C(=O)Oc2ccccc2)CC1c1ccccc1. The number of benzene rings is 2. The summed E-state index contributed by atoms with van der Waals surface area (Å²) < 4.78 is 5.44. The van der Waals surface area contributed by atoms with Crippen molar-refractivity contribution in [2.24, 2.45) is 0 Å². The molecule has 1 saturated heterocycles. The van der Waals surface area contributed by atoms with Crippen LogP contribution in [0.2, 0.25) is 0 Å². The van der Waals surface area contributed by atoms with Gasteiger partial charge in [0.15, 0.2) is 0 Å². The van der Waals surface area contributed by atoms with E-state index < -0.39 is 0 Å². The fourth-order valence-electron chi connectivity index (χ4n) is 2.73. The maximum Gasteiger partial charge on any atom is 0.415 e. The first-order valence-electron chi connectivity index (χ1n) is 7.51. The minimum atomic E-state index is -0.278. The minimum Gasteiger partial charge on any atom is -0.410 e. The third-order valence-corrected chi connectivity index (χ3v) is 4.04. The van der Waals surface area contributed by atoms with Crippen LogP contribution in [0.4, 0.5) is 4.79 Å². The van der Waals surface area contributed by atoms with Crippen molar-refractivity contribution in [1.82, 2.24) is 9.80 Å². The number of hydrogen-bond donors (Lipinski definition) is 0. The maximum atomic E-state index is 12.3. The van der Waals surface area contributed by atoms with Gasteiger partial charge in [-0.2, -0.15) is 0 Å². The Labute approximate surface area is 130 Å². The van der Waals surface area contributed by atoms with Gasteiger partial charge in [-0.15, -0.1) is 0 Å². The van der Waals surface area contributed by atoms with Crippen LogP contribution in [0.25, 0.3) is 0 Å². The molecule has 1 aliphatic rings. The van der Waals surface area contributed by atoms with E-state index in [4.69, 9.17) is 4.74 Å². The molecule has 0 radical (unpaired) electrons. The number of carbonyl (C=O) groups excluding carboxylic acids is 1. The predicted octanol–water partition coefficient (Wildman–Crippen LogP) is 3.17. The van der Waals surface area contributed by atoms with Crippen molar-refractivity contribution in [3.05, 3.63) is 66.2 Å². The van der Waals surface area contributed by atoms with Crippen LogP contribution in [-0.4, -0.2) is 42.6 Å². The molecule has 114 valence electrons. The van der Waals surface area contributed by atoms with Crippen LogP contribution in [0.15, 0.2) is 60.7 Å². The zero-order valence-corrected chi connectivity index (χ0v) is 12.7. The van der Waals surface area contributed by atoms with Gasteiger partial charge in [0.1, 0.15) is 5.75 Å². The molecule has 0 bridgehead atoms. The Hall–Kier alpha value is -2.33. The molecular weight excluding hydrogens is 276 g/mol. The van der Waals surface area contributed by atoms with Crippen molar-refractivity contribution >= 4 is 6.09 Å². The quantitative estimate of drug-likeness (QED) is 0.853. The second-order valence-corrected chi connectivity index (χ2v) is 5.53. The van der Waals surface area contributed by atoms with Gasteiger partial charge < -0.3 is 9.64 Å². The highest BCUT2D eigenvalue weighted by molar-refractivity contribution is 5.70. The smallest absolute Gasteiger partial charge is 0.410 e. The van der Waals surface area contributed by atoms with Gasteiger partial charge in [-0.05, 0) is 24.7 Å². The summed E-state index contributed by atoms with van der Waals surface area (Å²) in [7, 11) is 2.09. The summed E-state index contributed by atoms with van der Waals surface area (Å²) >= 11 is 0. The van der Waals surface area contributed by atoms with Gasteiger partial charge in [0, 0.05) is 19.6 Å². The number of hydrogen-bond acceptors (Lipinski definition) is 3. The fraction of sp³-hybridized carbons (Fsp3) is 0.278. The zero-order valence-electron chi connectivity index (χ0n) is 12.7. The molecule has 1 heterocycles. The molecule has 4 heteroatoms. The first kappa shape index (κ1) is 14.6. The normalized spacial score (nSPS) is 19.0. The molecule has 2 aromatic rings. The largest absolute Gasteiger partial charge is 0.415 e. The van der Waals surface area contributed by atoms with E-state index in [-0.39, 0.29) is 12.1 Å². The molecule has 0 N–H and O–H groups in total. The number of para-hydroxylation sites is 1. The first-order chi connectivity index (χ1) is 10.7. The lowest BCUT2D eigenvalue weighted by Crippen LogP contribution is -2.49. The monoisotopic (exact) mass is 296 g/mol. The molecule has 4 nitrogen and oxygen atoms in total. The van der Waals surface area contributed by atoms with Crippen LogP contribution in [0.3, 0.4) is 0 Å². The summed E-state index contributed by atoms with van der Waals surface area (Å²) in [6.07, 6.45) is -0.278. The lowest BCUT2D eigenvalue weighted by atomic mass is 10.0. The number of carbonyl (C=O) groups is 1. The van der Waals surface area contributed by atoms with Crippen molar-refractivity contribution in [2.75, 3.05) is 26.7 Å². The molecular formula is C18H20N2O2. The number of likely N-dealkylation sites (N-methyl/N-ethyl adjacent to an activating group) is 1. The summed E-state index contributed by atoms with van der Waals surface area (Å²) in [4.78, 5) is 16.4. The van der Waals surface area contributed by atoms with Crippen LogP contribution in [-0.2, 0) is 0 Å². The Balaban J connectivity index is 1.69. The summed E-state index contributed by atoms with van der Waals surface area (Å²) in [5.41, 5.74) is 1.22. The molecule has 0 spiro atoms. The highest BCUT2D eigenvalue weighted by atomic mass is 16.6. The Kier molecular flexibility index (Phi) is 4.39. The van der Waals surface area contributed by atoms with Gasteiger partial charge in [-0.3, -0.25) is 4.90 Å². The van der Waals surface area contributed by atoms with Gasteiger partial charge in [-0.1, -0.05) is 48.5 Å².